The average molecular weight is 250 g/mol. The van der Waals surface area contributed by atoms with E-state index >= 15 is 0 Å². The lowest BCUT2D eigenvalue weighted by Crippen LogP contribution is -2.31. The van der Waals surface area contributed by atoms with Crippen LogP contribution >= 0.6 is 0 Å². The molecular formula is C12H14N2O4. The third kappa shape index (κ3) is 1.97. The highest BCUT2D eigenvalue weighted by Gasteiger charge is 2.25. The number of nitrogens with zero attached hydrogens (tertiary/aromatic N) is 1. The predicted octanol–water partition coefficient (Wildman–Crippen LogP) is 0.728. The van der Waals surface area contributed by atoms with E-state index in [0.29, 0.717) is 22.7 Å². The third-order valence-electron chi connectivity index (χ3n) is 2.76. The van der Waals surface area contributed by atoms with Crippen LogP contribution in [0.1, 0.15) is 10.4 Å². The second kappa shape index (κ2) is 4.56. The molecule has 1 N–H and O–H groups in total. The van der Waals surface area contributed by atoms with Crippen LogP contribution < -0.4 is 14.8 Å². The number of rotatable bonds is 2. The summed E-state index contributed by atoms with van der Waals surface area (Å²) in [5, 5.41) is 2.67. The van der Waals surface area contributed by atoms with Gasteiger partial charge in [-0.15, -0.1) is 0 Å². The molecule has 2 amide bonds. The van der Waals surface area contributed by atoms with Crippen LogP contribution in [-0.2, 0) is 4.79 Å². The zero-order valence-electron chi connectivity index (χ0n) is 10.4. The number of anilines is 1. The molecule has 6 heteroatoms. The van der Waals surface area contributed by atoms with Crippen LogP contribution in [0.4, 0.5) is 5.69 Å². The Morgan fingerprint density at radius 1 is 1.17 bits per heavy atom. The normalized spacial score (nSPS) is 14.7. The van der Waals surface area contributed by atoms with Gasteiger partial charge < -0.3 is 19.7 Å². The molecule has 1 aliphatic heterocycles. The smallest absolute Gasteiger partial charge is 0.256 e. The van der Waals surface area contributed by atoms with Gasteiger partial charge in [0.2, 0.25) is 5.91 Å². The molecule has 1 aliphatic rings. The first-order chi connectivity index (χ1) is 8.56. The van der Waals surface area contributed by atoms with Gasteiger partial charge in [-0.3, -0.25) is 9.59 Å². The zero-order valence-corrected chi connectivity index (χ0v) is 10.4. The number of hydrogen-bond donors (Lipinski definition) is 1. The molecule has 6 nitrogen and oxygen atoms in total. The molecule has 0 fully saturated rings. The van der Waals surface area contributed by atoms with Gasteiger partial charge in [0, 0.05) is 13.1 Å². The number of nitrogens with one attached hydrogen (secondary N) is 1. The van der Waals surface area contributed by atoms with Crippen LogP contribution in [0.15, 0.2) is 12.1 Å². The third-order valence-corrected chi connectivity index (χ3v) is 2.76. The van der Waals surface area contributed by atoms with E-state index in [4.69, 9.17) is 9.47 Å². The number of methoxy groups -OCH3 is 2. The fourth-order valence-electron chi connectivity index (χ4n) is 1.84. The highest BCUT2D eigenvalue weighted by atomic mass is 16.5. The summed E-state index contributed by atoms with van der Waals surface area (Å²) in [7, 11) is 4.57. The number of fused-ring (bicyclic) bond motifs is 1. The number of hydrogen-bond acceptors (Lipinski definition) is 4. The standard InChI is InChI=1S/C12H14N2O4/c1-14-6-11(15)13-8-5-10(18-3)9(17-2)4-7(8)12(14)16/h4-5H,6H2,1-3H3,(H,13,15). The van der Waals surface area contributed by atoms with E-state index in [1.807, 2.05) is 0 Å². The lowest BCUT2D eigenvalue weighted by molar-refractivity contribution is -0.116. The topological polar surface area (TPSA) is 67.9 Å². The maximum absolute atomic E-state index is 12.1. The molecule has 0 aliphatic carbocycles. The van der Waals surface area contributed by atoms with Crippen LogP contribution in [-0.4, -0.2) is 44.5 Å². The van der Waals surface area contributed by atoms with Gasteiger partial charge in [0.25, 0.3) is 5.91 Å². The molecule has 1 aromatic rings. The quantitative estimate of drug-likeness (QED) is 0.840. The van der Waals surface area contributed by atoms with Crippen molar-refractivity contribution < 1.29 is 19.1 Å². The molecule has 0 bridgehead atoms. The highest BCUT2D eigenvalue weighted by molar-refractivity contribution is 6.09. The maximum Gasteiger partial charge on any atom is 0.256 e. The number of amides is 2. The minimum absolute atomic E-state index is 0.0259. The van der Waals surface area contributed by atoms with Gasteiger partial charge >= 0.3 is 0 Å². The zero-order chi connectivity index (χ0) is 13.3. The monoisotopic (exact) mass is 250 g/mol. The van der Waals surface area contributed by atoms with Gasteiger partial charge in [0.1, 0.15) is 0 Å². The van der Waals surface area contributed by atoms with E-state index in [-0.39, 0.29) is 18.4 Å². The largest absolute Gasteiger partial charge is 0.493 e. The second-order valence-corrected chi connectivity index (χ2v) is 3.96. The Labute approximate surface area is 104 Å². The van der Waals surface area contributed by atoms with Gasteiger partial charge in [0.15, 0.2) is 11.5 Å². The molecule has 1 heterocycles. The van der Waals surface area contributed by atoms with Crippen molar-refractivity contribution in [2.75, 3.05) is 33.1 Å². The Morgan fingerprint density at radius 3 is 2.39 bits per heavy atom. The summed E-state index contributed by atoms with van der Waals surface area (Å²) >= 11 is 0. The van der Waals surface area contributed by atoms with Crippen molar-refractivity contribution in [2.24, 2.45) is 0 Å². The van der Waals surface area contributed by atoms with Crippen molar-refractivity contribution in [2.45, 2.75) is 0 Å². The van der Waals surface area contributed by atoms with Crippen molar-refractivity contribution >= 4 is 17.5 Å². The molecule has 0 unspecified atom stereocenters. The van der Waals surface area contributed by atoms with E-state index in [1.165, 1.54) is 19.1 Å². The fourth-order valence-corrected chi connectivity index (χ4v) is 1.84. The first-order valence-corrected chi connectivity index (χ1v) is 5.38. The van der Waals surface area contributed by atoms with Crippen molar-refractivity contribution in [1.29, 1.82) is 0 Å². The van der Waals surface area contributed by atoms with Crippen LogP contribution in [0.2, 0.25) is 0 Å². The fraction of sp³-hybridized carbons (Fsp3) is 0.333. The summed E-state index contributed by atoms with van der Waals surface area (Å²) < 4.78 is 10.3. The summed E-state index contributed by atoms with van der Waals surface area (Å²) in [5.74, 6) is 0.448. The molecule has 0 radical (unpaired) electrons. The summed E-state index contributed by atoms with van der Waals surface area (Å²) in [4.78, 5) is 25.0. The summed E-state index contributed by atoms with van der Waals surface area (Å²) in [6, 6.07) is 3.15. The average Bonchev–Trinajstić information content (AvgIpc) is 2.46. The summed E-state index contributed by atoms with van der Waals surface area (Å²) in [6.45, 7) is 0.0259. The Kier molecular flexibility index (Phi) is 3.10. The molecular weight excluding hydrogens is 236 g/mol. The van der Waals surface area contributed by atoms with Gasteiger partial charge in [-0.2, -0.15) is 0 Å². The molecule has 1 aromatic carbocycles. The lowest BCUT2D eigenvalue weighted by atomic mass is 10.1. The Bertz CT molecular complexity index is 513. The van der Waals surface area contributed by atoms with E-state index in [2.05, 4.69) is 5.32 Å². The van der Waals surface area contributed by atoms with E-state index in [1.54, 1.807) is 19.2 Å². The second-order valence-electron chi connectivity index (χ2n) is 3.96. The summed E-state index contributed by atoms with van der Waals surface area (Å²) in [6.07, 6.45) is 0. The molecule has 96 valence electrons. The van der Waals surface area contributed by atoms with E-state index in [0.717, 1.165) is 0 Å². The van der Waals surface area contributed by atoms with Gasteiger partial charge in [-0.1, -0.05) is 0 Å². The van der Waals surface area contributed by atoms with Crippen LogP contribution in [0.25, 0.3) is 0 Å². The van der Waals surface area contributed by atoms with Gasteiger partial charge in [-0.25, -0.2) is 0 Å². The van der Waals surface area contributed by atoms with Crippen LogP contribution in [0.3, 0.4) is 0 Å². The first-order valence-electron chi connectivity index (χ1n) is 5.38. The highest BCUT2D eigenvalue weighted by Crippen LogP contribution is 2.34. The SMILES string of the molecule is COc1cc2c(cc1OC)C(=O)N(C)CC(=O)N2. The number of carbonyl (C=O) groups excluding carboxylic acids is 2. The first kappa shape index (κ1) is 12.2. The molecule has 18 heavy (non-hydrogen) atoms. The van der Waals surface area contributed by atoms with Crippen molar-refractivity contribution in [3.05, 3.63) is 17.7 Å². The Balaban J connectivity index is 2.58. The van der Waals surface area contributed by atoms with Gasteiger partial charge in [0.05, 0.1) is 32.0 Å². The van der Waals surface area contributed by atoms with Crippen molar-refractivity contribution in [3.63, 3.8) is 0 Å². The van der Waals surface area contributed by atoms with E-state index in [9.17, 15) is 9.59 Å². The minimum Gasteiger partial charge on any atom is -0.493 e. The number of ether oxygens (including phenoxy) is 2. The number of carbonyl (C=O) groups is 2. The summed E-state index contributed by atoms with van der Waals surface area (Å²) in [5.41, 5.74) is 0.827. The van der Waals surface area contributed by atoms with Gasteiger partial charge in [-0.05, 0) is 6.07 Å². The molecule has 0 saturated heterocycles. The van der Waals surface area contributed by atoms with Crippen molar-refractivity contribution in [1.82, 2.24) is 4.90 Å². The molecule has 0 atom stereocenters. The maximum atomic E-state index is 12.1. The van der Waals surface area contributed by atoms with E-state index < -0.39 is 0 Å². The molecule has 0 saturated carbocycles. The molecule has 0 aromatic heterocycles. The Hall–Kier alpha value is -2.24. The molecule has 0 spiro atoms. The van der Waals surface area contributed by atoms with Crippen molar-refractivity contribution in [3.8, 4) is 11.5 Å². The minimum atomic E-state index is -0.239. The Morgan fingerprint density at radius 2 is 1.78 bits per heavy atom. The lowest BCUT2D eigenvalue weighted by Gasteiger charge is -2.14. The van der Waals surface area contributed by atoms with Crippen LogP contribution in [0, 0.1) is 0 Å². The number of benzene rings is 1. The van der Waals surface area contributed by atoms with Crippen LogP contribution in [0.5, 0.6) is 11.5 Å². The predicted molar refractivity (Wildman–Crippen MR) is 65.1 cm³/mol. The molecule has 2 rings (SSSR count). The number of likely N-dealkylation sites (N-methyl/N-ethyl adjacent to an activating group) is 1.